The van der Waals surface area contributed by atoms with Crippen LogP contribution in [0.1, 0.15) is 68.4 Å². The Morgan fingerprint density at radius 3 is 2.43 bits per heavy atom. The first-order valence-corrected chi connectivity index (χ1v) is 13.4. The Labute approximate surface area is 221 Å². The van der Waals surface area contributed by atoms with Gasteiger partial charge in [-0.15, -0.1) is 0 Å². The molecule has 206 valence electrons. The maximum Gasteiger partial charge on any atom is 0.306 e. The molecule has 0 amide bonds. The quantitative estimate of drug-likeness (QED) is 0.379. The second-order valence-electron chi connectivity index (χ2n) is 9.46. The fourth-order valence-electron chi connectivity index (χ4n) is 4.38. The highest BCUT2D eigenvalue weighted by molar-refractivity contribution is 5.69. The lowest BCUT2D eigenvalue weighted by atomic mass is 9.98. The van der Waals surface area contributed by atoms with E-state index >= 15 is 0 Å². The molecule has 2 atom stereocenters. The average molecular weight is 518 g/mol. The number of halogens is 1. The van der Waals surface area contributed by atoms with Crippen LogP contribution in [-0.2, 0) is 27.1 Å². The lowest BCUT2D eigenvalue weighted by Gasteiger charge is -2.23. The van der Waals surface area contributed by atoms with Crippen molar-refractivity contribution < 1.29 is 28.5 Å². The number of methoxy groups -OCH3 is 1. The molecule has 0 saturated carbocycles. The third-order valence-electron chi connectivity index (χ3n) is 6.49. The number of rotatable bonds is 12. The first-order valence-electron chi connectivity index (χ1n) is 13.4. The van der Waals surface area contributed by atoms with Crippen molar-refractivity contribution in [2.75, 3.05) is 40.0 Å². The summed E-state index contributed by atoms with van der Waals surface area (Å²) in [5, 5.41) is 10.3. The number of hydrogen-bond acceptors (Lipinski definition) is 6. The number of ether oxygens (including phenoxy) is 3. The van der Waals surface area contributed by atoms with Crippen molar-refractivity contribution in [2.24, 2.45) is 0 Å². The van der Waals surface area contributed by atoms with Crippen molar-refractivity contribution in [3.63, 3.8) is 0 Å². The SMILES string of the molecule is CCOC(=O)CCc1ccc(OC)cc1C(C)OCC(O)CN1CCCC1.CCc1ccc(C)cc1F. The largest absolute Gasteiger partial charge is 0.497 e. The van der Waals surface area contributed by atoms with Gasteiger partial charge in [0.1, 0.15) is 11.6 Å². The van der Waals surface area contributed by atoms with Gasteiger partial charge in [-0.1, -0.05) is 25.1 Å². The molecule has 1 fully saturated rings. The molecule has 7 heteroatoms. The maximum atomic E-state index is 12.9. The number of likely N-dealkylation sites (tertiary alicyclic amines) is 1. The Bertz CT molecular complexity index is 961. The summed E-state index contributed by atoms with van der Waals surface area (Å²) < 4.78 is 29.2. The number of aliphatic hydroxyl groups is 1. The molecule has 0 radical (unpaired) electrons. The van der Waals surface area contributed by atoms with Gasteiger partial charge in [0, 0.05) is 13.0 Å². The molecule has 0 aromatic heterocycles. The van der Waals surface area contributed by atoms with E-state index < -0.39 is 6.10 Å². The minimum atomic E-state index is -0.501. The topological polar surface area (TPSA) is 68.2 Å². The Kier molecular flexibility index (Phi) is 13.6. The molecule has 0 spiro atoms. The van der Waals surface area contributed by atoms with Crippen LogP contribution >= 0.6 is 0 Å². The molecule has 1 aliphatic heterocycles. The molecule has 0 aliphatic carbocycles. The van der Waals surface area contributed by atoms with Crippen LogP contribution in [0.4, 0.5) is 4.39 Å². The number of carbonyl (C=O) groups is 1. The van der Waals surface area contributed by atoms with Crippen LogP contribution in [0.15, 0.2) is 36.4 Å². The van der Waals surface area contributed by atoms with E-state index in [4.69, 9.17) is 14.2 Å². The van der Waals surface area contributed by atoms with Gasteiger partial charge in [-0.2, -0.15) is 0 Å². The first-order chi connectivity index (χ1) is 17.8. The number of carbonyl (C=O) groups excluding carboxylic acids is 1. The predicted octanol–water partition coefficient (Wildman–Crippen LogP) is 5.42. The van der Waals surface area contributed by atoms with Crippen LogP contribution in [0.2, 0.25) is 0 Å². The summed E-state index contributed by atoms with van der Waals surface area (Å²) in [4.78, 5) is 14.0. The first kappa shape index (κ1) is 30.7. The van der Waals surface area contributed by atoms with Gasteiger partial charge in [0.25, 0.3) is 0 Å². The summed E-state index contributed by atoms with van der Waals surface area (Å²) >= 11 is 0. The number of nitrogens with zero attached hydrogens (tertiary/aromatic N) is 1. The van der Waals surface area contributed by atoms with Crippen LogP contribution in [0.3, 0.4) is 0 Å². The van der Waals surface area contributed by atoms with Gasteiger partial charge >= 0.3 is 5.97 Å². The number of benzene rings is 2. The minimum absolute atomic E-state index is 0.0810. The van der Waals surface area contributed by atoms with E-state index in [1.807, 2.05) is 51.1 Å². The fraction of sp³-hybridized carbons (Fsp3) is 0.567. The number of aliphatic hydroxyl groups excluding tert-OH is 1. The zero-order valence-corrected chi connectivity index (χ0v) is 23.1. The number of esters is 1. The van der Waals surface area contributed by atoms with E-state index in [1.165, 1.54) is 12.8 Å². The third-order valence-corrected chi connectivity index (χ3v) is 6.49. The summed E-state index contributed by atoms with van der Waals surface area (Å²) in [5.74, 6) is 0.467. The van der Waals surface area contributed by atoms with E-state index in [0.717, 1.165) is 47.5 Å². The van der Waals surface area contributed by atoms with Gasteiger partial charge in [-0.3, -0.25) is 4.79 Å². The summed E-state index contributed by atoms with van der Waals surface area (Å²) in [7, 11) is 1.63. The fourth-order valence-corrected chi connectivity index (χ4v) is 4.38. The van der Waals surface area contributed by atoms with Crippen LogP contribution in [0.5, 0.6) is 5.75 Å². The molecule has 2 aromatic carbocycles. The van der Waals surface area contributed by atoms with Gasteiger partial charge < -0.3 is 24.2 Å². The van der Waals surface area contributed by atoms with Crippen molar-refractivity contribution in [3.8, 4) is 5.75 Å². The van der Waals surface area contributed by atoms with E-state index in [2.05, 4.69) is 4.90 Å². The molecule has 0 bridgehead atoms. The number of β-amino-alcohol motifs (C(OH)–C–C–N with tert-alkyl or cyclic N) is 1. The van der Waals surface area contributed by atoms with Crippen LogP contribution in [0.25, 0.3) is 0 Å². The molecule has 1 saturated heterocycles. The van der Waals surface area contributed by atoms with Crippen molar-refractivity contribution in [1.82, 2.24) is 4.90 Å². The van der Waals surface area contributed by atoms with E-state index in [1.54, 1.807) is 20.1 Å². The van der Waals surface area contributed by atoms with Crippen molar-refractivity contribution in [1.29, 1.82) is 0 Å². The Morgan fingerprint density at radius 1 is 1.11 bits per heavy atom. The molecule has 3 rings (SSSR count). The highest BCUT2D eigenvalue weighted by Crippen LogP contribution is 2.27. The van der Waals surface area contributed by atoms with Crippen LogP contribution in [-0.4, -0.2) is 62.0 Å². The van der Waals surface area contributed by atoms with Gasteiger partial charge in [0.15, 0.2) is 0 Å². The van der Waals surface area contributed by atoms with Crippen LogP contribution in [0, 0.1) is 12.7 Å². The van der Waals surface area contributed by atoms with E-state index in [-0.39, 0.29) is 24.5 Å². The zero-order valence-electron chi connectivity index (χ0n) is 23.1. The number of hydrogen-bond donors (Lipinski definition) is 1. The van der Waals surface area contributed by atoms with Gasteiger partial charge in [0.2, 0.25) is 0 Å². The monoisotopic (exact) mass is 517 g/mol. The van der Waals surface area contributed by atoms with Gasteiger partial charge in [0.05, 0.1) is 32.5 Å². The lowest BCUT2D eigenvalue weighted by molar-refractivity contribution is -0.143. The molecule has 1 heterocycles. The van der Waals surface area contributed by atoms with Crippen molar-refractivity contribution in [3.05, 3.63) is 64.5 Å². The van der Waals surface area contributed by atoms with E-state index in [0.29, 0.717) is 26.0 Å². The highest BCUT2D eigenvalue weighted by atomic mass is 19.1. The summed E-state index contributed by atoms with van der Waals surface area (Å²) in [5.41, 5.74) is 3.79. The second kappa shape index (κ2) is 16.4. The molecule has 2 aromatic rings. The zero-order chi connectivity index (χ0) is 27.2. The Morgan fingerprint density at radius 2 is 1.81 bits per heavy atom. The minimum Gasteiger partial charge on any atom is -0.497 e. The summed E-state index contributed by atoms with van der Waals surface area (Å²) in [6.45, 7) is 11.1. The van der Waals surface area contributed by atoms with Crippen LogP contribution < -0.4 is 4.74 Å². The summed E-state index contributed by atoms with van der Waals surface area (Å²) in [6, 6.07) is 11.1. The Hall–Kier alpha value is -2.48. The average Bonchev–Trinajstić information content (AvgIpc) is 3.39. The maximum absolute atomic E-state index is 12.9. The molecule has 1 N–H and O–H groups in total. The second-order valence-corrected chi connectivity index (χ2v) is 9.46. The van der Waals surface area contributed by atoms with E-state index in [9.17, 15) is 14.3 Å². The lowest BCUT2D eigenvalue weighted by Crippen LogP contribution is -2.33. The smallest absolute Gasteiger partial charge is 0.306 e. The van der Waals surface area contributed by atoms with Gasteiger partial charge in [-0.25, -0.2) is 4.39 Å². The highest BCUT2D eigenvalue weighted by Gasteiger charge is 2.19. The molecular weight excluding hydrogens is 473 g/mol. The van der Waals surface area contributed by atoms with Crippen molar-refractivity contribution in [2.45, 2.75) is 72.0 Å². The standard InChI is InChI=1S/C21H33NO5.C9H11F/c1-4-26-21(24)10-8-17-7-9-19(25-3)13-20(17)16(2)27-15-18(23)14-22-11-5-6-12-22;1-3-8-5-4-7(2)6-9(8)10/h7,9,13,16,18,23H,4-6,8,10-12,14-15H2,1-3H3;4-6H,3H2,1-2H3. The summed E-state index contributed by atoms with van der Waals surface area (Å²) in [6.07, 6.45) is 3.39. The number of aryl methyl sites for hydroxylation is 3. The Balaban J connectivity index is 0.000000402. The molecule has 1 aliphatic rings. The molecule has 6 nitrogen and oxygen atoms in total. The molecule has 37 heavy (non-hydrogen) atoms. The molecular formula is C30H44FNO5. The van der Waals surface area contributed by atoms with Gasteiger partial charge in [-0.05, 0) is 100.0 Å². The third kappa shape index (κ3) is 10.8. The van der Waals surface area contributed by atoms with Crippen molar-refractivity contribution >= 4 is 5.97 Å². The predicted molar refractivity (Wildman–Crippen MR) is 145 cm³/mol. The molecule has 2 unspecified atom stereocenters. The normalized spacial score (nSPS) is 15.0.